The highest BCUT2D eigenvalue weighted by molar-refractivity contribution is 6.03. The van der Waals surface area contributed by atoms with Gasteiger partial charge in [-0.2, -0.15) is 18.3 Å². The number of nitrogens with one attached hydrogen (secondary N) is 2. The fourth-order valence-corrected chi connectivity index (χ4v) is 6.00. The molecule has 11 heteroatoms. The van der Waals surface area contributed by atoms with Crippen LogP contribution in [0.5, 0.6) is 5.75 Å². The Labute approximate surface area is 294 Å². The minimum atomic E-state index is -4.79. The summed E-state index contributed by atoms with van der Waals surface area (Å²) in [5.74, 6) is 0.327. The lowest BCUT2D eigenvalue weighted by Crippen LogP contribution is -2.28. The molecule has 1 unspecified atom stereocenters. The summed E-state index contributed by atoms with van der Waals surface area (Å²) >= 11 is 0. The second-order valence-corrected chi connectivity index (χ2v) is 13.2. The van der Waals surface area contributed by atoms with Crippen LogP contribution in [0.15, 0.2) is 109 Å². The molecule has 1 heterocycles. The van der Waals surface area contributed by atoms with Crippen LogP contribution in [0.3, 0.4) is 0 Å². The lowest BCUT2D eigenvalue weighted by Gasteiger charge is -2.21. The van der Waals surface area contributed by atoms with Gasteiger partial charge >= 0.3 is 6.18 Å². The molecule has 2 fully saturated rings. The average molecular weight is 694 g/mol. The molecule has 51 heavy (non-hydrogen) atoms. The zero-order chi connectivity index (χ0) is 35.5. The molecular formula is C40H38F3N5O3. The van der Waals surface area contributed by atoms with Gasteiger partial charge in [0.05, 0.1) is 11.7 Å². The standard InChI is InChI=1S/C40H38F3N5O3/c1-47(32-17-18-32)39(50)30-10-6-12-33(22-30)48-35(23-36(46-48)40(41,42)43)38(49)45-31-11-5-9-29(21-31)37(44-24-26-13-14-26)28-15-19-34(20-16-28)51-25-27-7-3-2-4-8-27/h2-12,15-16,19-23,26,32,37,44H,13-14,17-18,24-25H2,1H3,(H,45,49). The lowest BCUT2D eigenvalue weighted by atomic mass is 9.97. The Bertz CT molecular complexity index is 2000. The van der Waals surface area contributed by atoms with E-state index >= 15 is 0 Å². The number of alkyl halides is 3. The number of hydrogen-bond acceptors (Lipinski definition) is 5. The van der Waals surface area contributed by atoms with Crippen LogP contribution < -0.4 is 15.4 Å². The van der Waals surface area contributed by atoms with Gasteiger partial charge in [0.15, 0.2) is 5.69 Å². The molecule has 0 radical (unpaired) electrons. The van der Waals surface area contributed by atoms with E-state index in [0.29, 0.717) is 23.8 Å². The van der Waals surface area contributed by atoms with E-state index in [4.69, 9.17) is 4.74 Å². The monoisotopic (exact) mass is 693 g/mol. The van der Waals surface area contributed by atoms with Gasteiger partial charge < -0.3 is 20.3 Å². The minimum absolute atomic E-state index is 0.154. The van der Waals surface area contributed by atoms with Crippen molar-refractivity contribution in [3.8, 4) is 11.4 Å². The van der Waals surface area contributed by atoms with Gasteiger partial charge in [-0.1, -0.05) is 60.7 Å². The zero-order valence-electron chi connectivity index (χ0n) is 28.1. The van der Waals surface area contributed by atoms with Crippen molar-refractivity contribution in [2.45, 2.75) is 50.6 Å². The molecule has 2 aliphatic carbocycles. The molecule has 8 nitrogen and oxygen atoms in total. The molecular weight excluding hydrogens is 655 g/mol. The van der Waals surface area contributed by atoms with Crippen LogP contribution in [-0.2, 0) is 12.8 Å². The van der Waals surface area contributed by atoms with Crippen molar-refractivity contribution in [2.75, 3.05) is 18.9 Å². The normalized spacial score (nSPS) is 14.9. The number of benzene rings is 4. The largest absolute Gasteiger partial charge is 0.489 e. The van der Waals surface area contributed by atoms with E-state index in [9.17, 15) is 22.8 Å². The van der Waals surface area contributed by atoms with Crippen LogP contribution in [0.1, 0.15) is 75.0 Å². The quantitative estimate of drug-likeness (QED) is 0.130. The van der Waals surface area contributed by atoms with Crippen molar-refractivity contribution in [3.63, 3.8) is 0 Å². The molecule has 2 aliphatic rings. The Morgan fingerprint density at radius 2 is 1.63 bits per heavy atom. The fraction of sp³-hybridized carbons (Fsp3) is 0.275. The highest BCUT2D eigenvalue weighted by Gasteiger charge is 2.36. The third kappa shape index (κ3) is 8.32. The van der Waals surface area contributed by atoms with Gasteiger partial charge in [-0.25, -0.2) is 4.68 Å². The number of carbonyl (C=O) groups is 2. The smallest absolute Gasteiger partial charge is 0.435 e. The Balaban J connectivity index is 1.12. The van der Waals surface area contributed by atoms with Crippen molar-refractivity contribution in [3.05, 3.63) is 143 Å². The first kappa shape index (κ1) is 34.0. The highest BCUT2D eigenvalue weighted by Crippen LogP contribution is 2.33. The van der Waals surface area contributed by atoms with Gasteiger partial charge in [-0.15, -0.1) is 0 Å². The van der Waals surface area contributed by atoms with Crippen LogP contribution in [0.2, 0.25) is 0 Å². The van der Waals surface area contributed by atoms with Crippen molar-refractivity contribution in [1.29, 1.82) is 0 Å². The first-order valence-electron chi connectivity index (χ1n) is 17.1. The van der Waals surface area contributed by atoms with Gasteiger partial charge in [-0.05, 0) is 97.3 Å². The van der Waals surface area contributed by atoms with Gasteiger partial charge in [0.2, 0.25) is 0 Å². The number of amides is 2. The molecule has 0 bridgehead atoms. The number of ether oxygens (including phenoxy) is 1. The van der Waals surface area contributed by atoms with Crippen molar-refractivity contribution < 1.29 is 27.5 Å². The number of hydrogen-bond donors (Lipinski definition) is 2. The summed E-state index contributed by atoms with van der Waals surface area (Å²) < 4.78 is 48.6. The maximum Gasteiger partial charge on any atom is 0.435 e. The first-order valence-corrected chi connectivity index (χ1v) is 17.1. The molecule has 0 saturated heterocycles. The van der Waals surface area contributed by atoms with Gasteiger partial charge in [-0.3, -0.25) is 9.59 Å². The first-order chi connectivity index (χ1) is 24.6. The SMILES string of the molecule is CN(C(=O)c1cccc(-n2nc(C(F)(F)F)cc2C(=O)Nc2cccc(C(NCC3CC3)c3ccc(OCc4ccccc4)cc3)c2)c1)C1CC1. The van der Waals surface area contributed by atoms with E-state index in [1.54, 1.807) is 36.2 Å². The van der Waals surface area contributed by atoms with E-state index < -0.39 is 17.8 Å². The van der Waals surface area contributed by atoms with Gasteiger partial charge in [0, 0.05) is 30.4 Å². The lowest BCUT2D eigenvalue weighted by molar-refractivity contribution is -0.141. The van der Waals surface area contributed by atoms with Crippen LogP contribution in [0.25, 0.3) is 5.69 Å². The molecule has 1 atom stereocenters. The molecule has 7 rings (SSSR count). The third-order valence-electron chi connectivity index (χ3n) is 9.23. The maximum atomic E-state index is 13.9. The predicted octanol–water partition coefficient (Wildman–Crippen LogP) is 8.05. The van der Waals surface area contributed by atoms with E-state index in [1.807, 2.05) is 66.7 Å². The summed E-state index contributed by atoms with van der Waals surface area (Å²) in [5, 5.41) is 10.2. The molecule has 0 aliphatic heterocycles. The van der Waals surface area contributed by atoms with Crippen LogP contribution in [-0.4, -0.2) is 46.1 Å². The molecule has 2 saturated carbocycles. The Morgan fingerprint density at radius 3 is 2.33 bits per heavy atom. The summed E-state index contributed by atoms with van der Waals surface area (Å²) in [6.45, 7) is 1.28. The molecule has 1 aromatic heterocycles. The molecule has 262 valence electrons. The number of rotatable bonds is 13. The van der Waals surface area contributed by atoms with Gasteiger partial charge in [0.1, 0.15) is 18.1 Å². The number of nitrogens with zero attached hydrogens (tertiary/aromatic N) is 3. The summed E-state index contributed by atoms with van der Waals surface area (Å²) in [6, 6.07) is 31.9. The number of carbonyl (C=O) groups excluding carboxylic acids is 2. The van der Waals surface area contributed by atoms with Crippen molar-refractivity contribution in [1.82, 2.24) is 20.0 Å². The maximum absolute atomic E-state index is 13.9. The van der Waals surface area contributed by atoms with E-state index in [-0.39, 0.29) is 29.4 Å². The topological polar surface area (TPSA) is 88.5 Å². The summed E-state index contributed by atoms with van der Waals surface area (Å²) in [5.41, 5.74) is 2.29. The number of anilines is 1. The molecule has 2 amide bonds. The zero-order valence-corrected chi connectivity index (χ0v) is 28.1. The van der Waals surface area contributed by atoms with E-state index in [0.717, 1.165) is 52.6 Å². The summed E-state index contributed by atoms with van der Waals surface area (Å²) in [4.78, 5) is 28.4. The van der Waals surface area contributed by atoms with E-state index in [2.05, 4.69) is 15.7 Å². The van der Waals surface area contributed by atoms with Crippen molar-refractivity contribution >= 4 is 17.5 Å². The Morgan fingerprint density at radius 1 is 0.882 bits per heavy atom. The summed E-state index contributed by atoms with van der Waals surface area (Å²) in [6.07, 6.45) is -0.624. The second kappa shape index (κ2) is 14.4. The summed E-state index contributed by atoms with van der Waals surface area (Å²) in [7, 11) is 1.71. The third-order valence-corrected chi connectivity index (χ3v) is 9.23. The van der Waals surface area contributed by atoms with Crippen LogP contribution in [0.4, 0.5) is 18.9 Å². The van der Waals surface area contributed by atoms with Crippen LogP contribution >= 0.6 is 0 Å². The Kier molecular flexibility index (Phi) is 9.64. The molecule has 2 N–H and O–H groups in total. The molecule has 0 spiro atoms. The number of halogens is 3. The van der Waals surface area contributed by atoms with Crippen LogP contribution in [0, 0.1) is 5.92 Å². The number of aromatic nitrogens is 2. The van der Waals surface area contributed by atoms with E-state index in [1.165, 1.54) is 25.0 Å². The molecule has 5 aromatic rings. The van der Waals surface area contributed by atoms with Gasteiger partial charge in [0.25, 0.3) is 11.8 Å². The molecule has 4 aromatic carbocycles. The Hall–Kier alpha value is -5.42. The second-order valence-electron chi connectivity index (χ2n) is 13.2. The fourth-order valence-electron chi connectivity index (χ4n) is 6.00. The predicted molar refractivity (Wildman–Crippen MR) is 188 cm³/mol. The van der Waals surface area contributed by atoms with Crippen molar-refractivity contribution in [2.24, 2.45) is 5.92 Å². The highest BCUT2D eigenvalue weighted by atomic mass is 19.4. The average Bonchev–Trinajstić information content (AvgIpc) is 4.09. The minimum Gasteiger partial charge on any atom is -0.489 e.